The Morgan fingerprint density at radius 3 is 2.39 bits per heavy atom. The second kappa shape index (κ2) is 5.38. The van der Waals surface area contributed by atoms with Crippen molar-refractivity contribution >= 4 is 11.8 Å². The fraction of sp³-hybridized carbons (Fsp3) is 0.600. The van der Waals surface area contributed by atoms with Crippen molar-refractivity contribution in [1.29, 1.82) is 0 Å². The maximum absolute atomic E-state index is 12.7. The monoisotopic (exact) mass is 263 g/mol. The third-order valence-corrected chi connectivity index (χ3v) is 2.39. The number of nitrogens with two attached hydrogens (primary N) is 1. The number of halogens is 3. The molecule has 0 aliphatic rings. The van der Waals surface area contributed by atoms with Gasteiger partial charge in [0.25, 0.3) is 0 Å². The SMILES string of the molecule is CCN(c1cc(C(F)(F)F)nc(NN)n1)C(C)C. The molecule has 0 saturated heterocycles. The summed E-state index contributed by atoms with van der Waals surface area (Å²) in [6.07, 6.45) is -4.53. The Morgan fingerprint density at radius 1 is 1.39 bits per heavy atom. The van der Waals surface area contributed by atoms with Gasteiger partial charge in [-0.3, -0.25) is 5.43 Å². The first-order valence-corrected chi connectivity index (χ1v) is 5.49. The number of rotatable bonds is 4. The summed E-state index contributed by atoms with van der Waals surface area (Å²) in [6.45, 7) is 6.11. The number of nitrogen functional groups attached to an aromatic ring is 1. The second-order valence-corrected chi connectivity index (χ2v) is 3.96. The van der Waals surface area contributed by atoms with Crippen LogP contribution in [0.5, 0.6) is 0 Å². The number of anilines is 2. The van der Waals surface area contributed by atoms with Crippen LogP contribution in [0.3, 0.4) is 0 Å². The van der Waals surface area contributed by atoms with Crippen molar-refractivity contribution < 1.29 is 13.2 Å². The number of hydrogen-bond donors (Lipinski definition) is 2. The van der Waals surface area contributed by atoms with Crippen molar-refractivity contribution in [2.75, 3.05) is 16.9 Å². The third-order valence-electron chi connectivity index (χ3n) is 2.39. The average Bonchev–Trinajstić information content (AvgIpc) is 2.27. The summed E-state index contributed by atoms with van der Waals surface area (Å²) in [6, 6.07) is 0.946. The zero-order valence-corrected chi connectivity index (χ0v) is 10.4. The lowest BCUT2D eigenvalue weighted by Crippen LogP contribution is -2.32. The molecular formula is C10H16F3N5. The molecule has 1 rings (SSSR count). The van der Waals surface area contributed by atoms with E-state index in [1.54, 1.807) is 4.90 Å². The first-order chi connectivity index (χ1) is 8.29. The highest BCUT2D eigenvalue weighted by Crippen LogP contribution is 2.30. The second-order valence-electron chi connectivity index (χ2n) is 3.96. The van der Waals surface area contributed by atoms with Crippen molar-refractivity contribution in [2.24, 2.45) is 5.84 Å². The van der Waals surface area contributed by atoms with Crippen LogP contribution >= 0.6 is 0 Å². The van der Waals surface area contributed by atoms with Gasteiger partial charge >= 0.3 is 6.18 Å². The normalized spacial score (nSPS) is 11.8. The molecule has 0 aliphatic heterocycles. The summed E-state index contributed by atoms with van der Waals surface area (Å²) >= 11 is 0. The molecule has 0 aliphatic carbocycles. The molecule has 0 amide bonds. The zero-order valence-electron chi connectivity index (χ0n) is 10.4. The number of nitrogens with one attached hydrogen (secondary N) is 1. The van der Waals surface area contributed by atoms with Gasteiger partial charge in [-0.1, -0.05) is 0 Å². The molecule has 0 unspecified atom stereocenters. The number of nitrogens with zero attached hydrogens (tertiary/aromatic N) is 3. The van der Waals surface area contributed by atoms with Gasteiger partial charge in [0.1, 0.15) is 5.82 Å². The van der Waals surface area contributed by atoms with Crippen LogP contribution in [0.2, 0.25) is 0 Å². The molecular weight excluding hydrogens is 247 g/mol. The highest BCUT2D eigenvalue weighted by Gasteiger charge is 2.34. The van der Waals surface area contributed by atoms with Gasteiger partial charge in [-0.25, -0.2) is 10.8 Å². The molecule has 3 N–H and O–H groups in total. The predicted molar refractivity (Wildman–Crippen MR) is 63.0 cm³/mol. The number of hydrogen-bond acceptors (Lipinski definition) is 5. The molecule has 0 radical (unpaired) electrons. The minimum absolute atomic E-state index is 0.0246. The van der Waals surface area contributed by atoms with Crippen LogP contribution in [0.4, 0.5) is 24.9 Å². The van der Waals surface area contributed by atoms with Gasteiger partial charge in [-0.15, -0.1) is 0 Å². The largest absolute Gasteiger partial charge is 0.433 e. The minimum Gasteiger partial charge on any atom is -0.354 e. The van der Waals surface area contributed by atoms with Gasteiger partial charge in [0.05, 0.1) is 0 Å². The number of hydrazine groups is 1. The maximum Gasteiger partial charge on any atom is 0.433 e. The molecule has 102 valence electrons. The number of alkyl halides is 3. The van der Waals surface area contributed by atoms with Crippen molar-refractivity contribution in [1.82, 2.24) is 9.97 Å². The van der Waals surface area contributed by atoms with Crippen LogP contribution in [0.1, 0.15) is 26.5 Å². The lowest BCUT2D eigenvalue weighted by atomic mass is 10.3. The van der Waals surface area contributed by atoms with Crippen LogP contribution < -0.4 is 16.2 Å². The fourth-order valence-corrected chi connectivity index (χ4v) is 1.58. The summed E-state index contributed by atoms with van der Waals surface area (Å²) in [4.78, 5) is 8.96. The minimum atomic E-state index is -4.53. The van der Waals surface area contributed by atoms with Gasteiger partial charge in [-0.2, -0.15) is 18.2 Å². The summed E-state index contributed by atoms with van der Waals surface area (Å²) in [5, 5.41) is 0. The van der Waals surface area contributed by atoms with Crippen molar-refractivity contribution in [3.63, 3.8) is 0 Å². The quantitative estimate of drug-likeness (QED) is 0.642. The van der Waals surface area contributed by atoms with E-state index in [1.165, 1.54) is 0 Å². The van der Waals surface area contributed by atoms with Gasteiger partial charge < -0.3 is 4.90 Å². The first-order valence-electron chi connectivity index (χ1n) is 5.49. The van der Waals surface area contributed by atoms with E-state index in [4.69, 9.17) is 5.84 Å². The molecule has 1 heterocycles. The van der Waals surface area contributed by atoms with Crippen molar-refractivity contribution in [3.05, 3.63) is 11.8 Å². The molecule has 0 saturated carbocycles. The molecule has 8 heteroatoms. The highest BCUT2D eigenvalue weighted by molar-refractivity contribution is 5.45. The average molecular weight is 263 g/mol. The van der Waals surface area contributed by atoms with E-state index in [2.05, 4.69) is 9.97 Å². The Bertz CT molecular complexity index is 405. The van der Waals surface area contributed by atoms with E-state index >= 15 is 0 Å². The van der Waals surface area contributed by atoms with E-state index in [1.807, 2.05) is 26.2 Å². The molecule has 1 aromatic rings. The molecule has 0 aromatic carbocycles. The topological polar surface area (TPSA) is 67.1 Å². The smallest absolute Gasteiger partial charge is 0.354 e. The molecule has 0 spiro atoms. The maximum atomic E-state index is 12.7. The fourth-order valence-electron chi connectivity index (χ4n) is 1.58. The Labute approximate surface area is 103 Å². The lowest BCUT2D eigenvalue weighted by Gasteiger charge is -2.27. The van der Waals surface area contributed by atoms with Gasteiger partial charge in [0.15, 0.2) is 5.69 Å². The van der Waals surface area contributed by atoms with E-state index in [0.29, 0.717) is 6.54 Å². The molecule has 0 fully saturated rings. The van der Waals surface area contributed by atoms with E-state index in [-0.39, 0.29) is 17.8 Å². The molecule has 0 atom stereocenters. The van der Waals surface area contributed by atoms with Gasteiger partial charge in [-0.05, 0) is 20.8 Å². The van der Waals surface area contributed by atoms with E-state index in [0.717, 1.165) is 6.07 Å². The van der Waals surface area contributed by atoms with Crippen LogP contribution in [-0.2, 0) is 6.18 Å². The summed E-state index contributed by atoms with van der Waals surface area (Å²) in [5.41, 5.74) is 1.03. The van der Waals surface area contributed by atoms with Gasteiger partial charge in [0, 0.05) is 18.7 Å². The highest BCUT2D eigenvalue weighted by atomic mass is 19.4. The van der Waals surface area contributed by atoms with Crippen LogP contribution in [-0.4, -0.2) is 22.6 Å². The van der Waals surface area contributed by atoms with Crippen LogP contribution in [0.15, 0.2) is 6.07 Å². The van der Waals surface area contributed by atoms with Crippen LogP contribution in [0, 0.1) is 0 Å². The lowest BCUT2D eigenvalue weighted by molar-refractivity contribution is -0.141. The molecule has 1 aromatic heterocycles. The Morgan fingerprint density at radius 2 is 2.00 bits per heavy atom. The molecule has 0 bridgehead atoms. The van der Waals surface area contributed by atoms with Crippen molar-refractivity contribution in [3.8, 4) is 0 Å². The summed E-state index contributed by atoms with van der Waals surface area (Å²) in [7, 11) is 0. The standard InChI is InChI=1S/C10H16F3N5/c1-4-18(6(2)3)8-5-7(10(11,12)13)15-9(16-8)17-14/h5-6H,4,14H2,1-3H3,(H,15,16,17). The Hall–Kier alpha value is -1.57. The zero-order chi connectivity index (χ0) is 13.9. The summed E-state index contributed by atoms with van der Waals surface area (Å²) in [5.74, 6) is 5.03. The van der Waals surface area contributed by atoms with Crippen LogP contribution in [0.25, 0.3) is 0 Å². The molecule has 18 heavy (non-hydrogen) atoms. The van der Waals surface area contributed by atoms with E-state index < -0.39 is 11.9 Å². The Balaban J connectivity index is 3.27. The van der Waals surface area contributed by atoms with Gasteiger partial charge in [0.2, 0.25) is 5.95 Å². The third kappa shape index (κ3) is 3.22. The number of aromatic nitrogens is 2. The van der Waals surface area contributed by atoms with E-state index in [9.17, 15) is 13.2 Å². The Kier molecular flexibility index (Phi) is 4.33. The molecule has 5 nitrogen and oxygen atoms in total. The predicted octanol–water partition coefficient (Wildman–Crippen LogP) is 2.02. The van der Waals surface area contributed by atoms with Crippen molar-refractivity contribution in [2.45, 2.75) is 33.0 Å². The summed E-state index contributed by atoms with van der Waals surface area (Å²) < 4.78 is 38.0. The first kappa shape index (κ1) is 14.5.